The minimum absolute atomic E-state index is 0.0204. The zero-order chi connectivity index (χ0) is 34.3. The summed E-state index contributed by atoms with van der Waals surface area (Å²) in [5.74, 6) is 0.753. The van der Waals surface area contributed by atoms with Gasteiger partial charge in [-0.3, -0.25) is 4.90 Å². The Morgan fingerprint density at radius 3 is 2.34 bits per heavy atom. The lowest BCUT2D eigenvalue weighted by atomic mass is 9.91. The van der Waals surface area contributed by atoms with Crippen LogP contribution >= 0.6 is 0 Å². The van der Waals surface area contributed by atoms with Crippen LogP contribution in [0.3, 0.4) is 0 Å². The van der Waals surface area contributed by atoms with E-state index in [1.807, 2.05) is 6.92 Å². The first kappa shape index (κ1) is 34.6. The minimum Gasteiger partial charge on any atom is -0.339 e. The number of rotatable bonds is 7. The van der Waals surface area contributed by atoms with Gasteiger partial charge < -0.3 is 14.3 Å². The maximum atomic E-state index is 14.2. The summed E-state index contributed by atoms with van der Waals surface area (Å²) in [5, 5.41) is 4.10. The number of likely N-dealkylation sites (tertiary alicyclic amines) is 2. The summed E-state index contributed by atoms with van der Waals surface area (Å²) in [5.41, 5.74) is -1.85. The van der Waals surface area contributed by atoms with Crippen molar-refractivity contribution < 1.29 is 40.1 Å². The number of carbonyl (C=O) groups excluding carboxylic acids is 1. The number of aromatic nitrogens is 2. The van der Waals surface area contributed by atoms with E-state index >= 15 is 0 Å². The van der Waals surface area contributed by atoms with Crippen LogP contribution in [-0.4, -0.2) is 63.6 Å². The topological polar surface area (TPSA) is 65.7 Å². The lowest BCUT2D eigenvalue weighted by molar-refractivity contribution is -0.143. The fraction of sp³-hybridized carbons (Fsp3) is 0.545. The van der Waals surface area contributed by atoms with Gasteiger partial charge in [0.1, 0.15) is 5.82 Å². The number of piperidine rings is 1. The van der Waals surface area contributed by atoms with Crippen LogP contribution in [-0.2, 0) is 18.8 Å². The second kappa shape index (κ2) is 13.4. The maximum Gasteiger partial charge on any atom is 0.416 e. The molecule has 14 heteroatoms. The predicted molar refractivity (Wildman–Crippen MR) is 159 cm³/mol. The van der Waals surface area contributed by atoms with Crippen molar-refractivity contribution in [3.63, 3.8) is 0 Å². The van der Waals surface area contributed by atoms with Crippen LogP contribution in [0.1, 0.15) is 97.1 Å². The van der Waals surface area contributed by atoms with E-state index in [2.05, 4.69) is 15.0 Å². The normalized spacial score (nSPS) is 21.7. The Morgan fingerprint density at radius 2 is 1.72 bits per heavy atom. The molecule has 2 aliphatic rings. The van der Waals surface area contributed by atoms with E-state index in [1.54, 1.807) is 17.9 Å². The average molecular weight is 670 g/mol. The molecule has 3 aromatic rings. The van der Waals surface area contributed by atoms with Gasteiger partial charge in [0.2, 0.25) is 5.89 Å². The number of halogens is 7. The molecule has 2 fully saturated rings. The molecule has 2 amide bonds. The number of benzene rings is 2. The number of hydrogen-bond acceptors (Lipinski definition) is 5. The van der Waals surface area contributed by atoms with Crippen molar-refractivity contribution in [1.29, 1.82) is 0 Å². The molecule has 4 atom stereocenters. The van der Waals surface area contributed by atoms with Crippen molar-refractivity contribution in [2.75, 3.05) is 26.7 Å². The van der Waals surface area contributed by atoms with Gasteiger partial charge in [-0.15, -0.1) is 0 Å². The first-order chi connectivity index (χ1) is 22.1. The third-order valence-electron chi connectivity index (χ3n) is 9.37. The van der Waals surface area contributed by atoms with Gasteiger partial charge in [-0.25, -0.2) is 9.18 Å². The number of urea groups is 1. The van der Waals surface area contributed by atoms with E-state index in [0.717, 1.165) is 30.7 Å². The lowest BCUT2D eigenvalue weighted by Crippen LogP contribution is -2.48. The van der Waals surface area contributed by atoms with E-state index in [-0.39, 0.29) is 30.1 Å². The van der Waals surface area contributed by atoms with Crippen LogP contribution in [0, 0.1) is 12.7 Å². The summed E-state index contributed by atoms with van der Waals surface area (Å²) in [7, 11) is 1.36. The van der Waals surface area contributed by atoms with Gasteiger partial charge in [0.15, 0.2) is 5.82 Å². The summed E-state index contributed by atoms with van der Waals surface area (Å²) < 4.78 is 101. The molecule has 2 aromatic carbocycles. The molecule has 1 aromatic heterocycles. The summed E-state index contributed by atoms with van der Waals surface area (Å²) >= 11 is 0. The largest absolute Gasteiger partial charge is 0.416 e. The Balaban J connectivity index is 1.45. The Hall–Kier alpha value is -3.68. The molecule has 256 valence electrons. The standard InChI is InChI=1S/C33H38F7N5O2/c1-5-7-28-41-30(47-42-28)21-8-6-12-44(18-21)27-11-13-45(29(27)26-10-9-25(34)14-19(26)2)31(46)43(4)20(3)22-15-23(32(35,36)37)17-24(16-22)33(38,39)40/h9-10,14-17,20-21,27,29H,5-8,11-13,18H2,1-4H3/t20-,21?,27?,29?/m0/s1. The Kier molecular flexibility index (Phi) is 9.91. The highest BCUT2D eigenvalue weighted by Gasteiger charge is 2.45. The number of carbonyl (C=O) groups is 1. The van der Waals surface area contributed by atoms with Crippen LogP contribution in [0.25, 0.3) is 0 Å². The van der Waals surface area contributed by atoms with Gasteiger partial charge >= 0.3 is 18.4 Å². The first-order valence-electron chi connectivity index (χ1n) is 15.7. The number of hydrogen-bond donors (Lipinski definition) is 0. The van der Waals surface area contributed by atoms with Gasteiger partial charge in [-0.2, -0.15) is 31.3 Å². The summed E-state index contributed by atoms with van der Waals surface area (Å²) in [6, 6.07) is 3.26. The zero-order valence-electron chi connectivity index (χ0n) is 26.6. The number of alkyl halides is 6. The van der Waals surface area contributed by atoms with Gasteiger partial charge in [-0.1, -0.05) is 18.1 Å². The molecule has 0 radical (unpaired) electrons. The lowest BCUT2D eigenvalue weighted by Gasteiger charge is -2.41. The first-order valence-corrected chi connectivity index (χ1v) is 15.7. The fourth-order valence-corrected chi connectivity index (χ4v) is 6.80. The Morgan fingerprint density at radius 1 is 1.04 bits per heavy atom. The molecule has 0 N–H and O–H groups in total. The molecule has 2 saturated heterocycles. The second-order valence-electron chi connectivity index (χ2n) is 12.5. The van der Waals surface area contributed by atoms with Gasteiger partial charge in [0.25, 0.3) is 0 Å². The van der Waals surface area contributed by atoms with E-state index in [0.29, 0.717) is 54.4 Å². The molecule has 3 heterocycles. The molecule has 0 bridgehead atoms. The van der Waals surface area contributed by atoms with Crippen LogP contribution in [0.15, 0.2) is 40.9 Å². The average Bonchev–Trinajstić information content (AvgIpc) is 3.67. The van der Waals surface area contributed by atoms with Crippen molar-refractivity contribution in [3.8, 4) is 0 Å². The SMILES string of the molecule is CCCc1noc(C2CCCN(C3CCN(C(=O)N(C)[C@@H](C)c4cc(C(F)(F)F)cc(C(F)(F)F)c4)C3c3ccc(F)cc3C)C2)n1. The smallest absolute Gasteiger partial charge is 0.339 e. The van der Waals surface area contributed by atoms with E-state index in [9.17, 15) is 35.5 Å². The second-order valence-corrected chi connectivity index (χ2v) is 12.5. The number of aryl methyl sites for hydroxylation is 2. The van der Waals surface area contributed by atoms with Crippen molar-refractivity contribution >= 4 is 6.03 Å². The van der Waals surface area contributed by atoms with Crippen LogP contribution in [0.4, 0.5) is 35.5 Å². The summed E-state index contributed by atoms with van der Waals surface area (Å²) in [6.45, 7) is 6.77. The van der Waals surface area contributed by atoms with E-state index in [4.69, 9.17) is 4.52 Å². The van der Waals surface area contributed by atoms with Crippen molar-refractivity contribution in [1.82, 2.24) is 24.8 Å². The summed E-state index contributed by atoms with van der Waals surface area (Å²) in [6.07, 6.45) is -6.22. The van der Waals surface area contributed by atoms with Crippen LogP contribution < -0.4 is 0 Å². The molecular weight excluding hydrogens is 631 g/mol. The van der Waals surface area contributed by atoms with Gasteiger partial charge in [0.05, 0.1) is 29.1 Å². The monoisotopic (exact) mass is 669 g/mol. The van der Waals surface area contributed by atoms with Crippen LogP contribution in [0.5, 0.6) is 0 Å². The molecule has 2 aliphatic heterocycles. The van der Waals surface area contributed by atoms with Gasteiger partial charge in [0, 0.05) is 32.6 Å². The summed E-state index contributed by atoms with van der Waals surface area (Å²) in [4.78, 5) is 23.8. The van der Waals surface area contributed by atoms with Gasteiger partial charge in [-0.05, 0) is 93.1 Å². The van der Waals surface area contributed by atoms with E-state index < -0.39 is 47.4 Å². The van der Waals surface area contributed by atoms with Crippen molar-refractivity contribution in [2.24, 2.45) is 0 Å². The highest BCUT2D eigenvalue weighted by atomic mass is 19.4. The fourth-order valence-electron chi connectivity index (χ4n) is 6.80. The highest BCUT2D eigenvalue weighted by Crippen LogP contribution is 2.42. The van der Waals surface area contributed by atoms with Crippen molar-refractivity contribution in [2.45, 2.75) is 89.3 Å². The molecule has 0 aliphatic carbocycles. The number of amides is 2. The molecular formula is C33H38F7N5O2. The molecule has 5 rings (SSSR count). The highest BCUT2D eigenvalue weighted by molar-refractivity contribution is 5.76. The third kappa shape index (κ3) is 7.42. The quantitative estimate of drug-likeness (QED) is 0.237. The maximum absolute atomic E-state index is 14.2. The predicted octanol–water partition coefficient (Wildman–Crippen LogP) is 8.32. The third-order valence-corrected chi connectivity index (χ3v) is 9.37. The molecule has 3 unspecified atom stereocenters. The zero-order valence-corrected chi connectivity index (χ0v) is 26.6. The minimum atomic E-state index is -5.02. The number of nitrogens with zero attached hydrogens (tertiary/aromatic N) is 5. The molecule has 0 saturated carbocycles. The van der Waals surface area contributed by atoms with E-state index in [1.165, 1.54) is 26.1 Å². The molecule has 0 spiro atoms. The van der Waals surface area contributed by atoms with Crippen molar-refractivity contribution in [3.05, 3.63) is 81.7 Å². The van der Waals surface area contributed by atoms with Crippen LogP contribution in [0.2, 0.25) is 0 Å². The molecule has 47 heavy (non-hydrogen) atoms. The molecule has 7 nitrogen and oxygen atoms in total. The Labute approximate surface area is 268 Å². The Bertz CT molecular complexity index is 1540.